The van der Waals surface area contributed by atoms with Gasteiger partial charge in [0, 0.05) is 11.1 Å². The molecule has 2 amide bonds. The van der Waals surface area contributed by atoms with E-state index in [1.165, 1.54) is 4.90 Å². The lowest BCUT2D eigenvalue weighted by Crippen LogP contribution is -2.50. The van der Waals surface area contributed by atoms with Gasteiger partial charge < -0.3 is 19.4 Å². The van der Waals surface area contributed by atoms with Gasteiger partial charge in [-0.15, -0.1) is 5.10 Å². The quantitative estimate of drug-likeness (QED) is 0.323. The van der Waals surface area contributed by atoms with E-state index in [0.29, 0.717) is 29.2 Å². The molecule has 0 fully saturated rings. The molecule has 1 atom stereocenters. The molecule has 4 aromatic rings. The maximum absolute atomic E-state index is 14.0. The Kier molecular flexibility index (Phi) is 7.91. The first kappa shape index (κ1) is 25.9. The molecule has 0 aliphatic carbocycles. The Morgan fingerprint density at radius 1 is 1.08 bits per heavy atom. The van der Waals surface area contributed by atoms with E-state index in [9.17, 15) is 9.59 Å². The summed E-state index contributed by atoms with van der Waals surface area (Å²) in [5.74, 6) is 0.483. The second-order valence-electron chi connectivity index (χ2n) is 9.44. The third-order valence-corrected chi connectivity index (χ3v) is 6.35. The zero-order valence-corrected chi connectivity index (χ0v) is 21.7. The first-order chi connectivity index (χ1) is 17.8. The summed E-state index contributed by atoms with van der Waals surface area (Å²) >= 11 is 0. The summed E-state index contributed by atoms with van der Waals surface area (Å²) in [5, 5.41) is 11.5. The lowest BCUT2D eigenvalue weighted by molar-refractivity contribution is -0.143. The molecule has 0 aliphatic heterocycles. The van der Waals surface area contributed by atoms with Crippen LogP contribution in [0.3, 0.4) is 0 Å². The van der Waals surface area contributed by atoms with Crippen LogP contribution in [0.1, 0.15) is 51.5 Å². The van der Waals surface area contributed by atoms with Gasteiger partial charge in [-0.2, -0.15) is 0 Å². The largest absolute Gasteiger partial charge is 0.494 e. The van der Waals surface area contributed by atoms with Gasteiger partial charge in [-0.1, -0.05) is 42.5 Å². The second-order valence-corrected chi connectivity index (χ2v) is 9.44. The lowest BCUT2D eigenvalue weighted by Gasteiger charge is -2.34. The van der Waals surface area contributed by atoms with Gasteiger partial charge in [-0.25, -0.2) is 4.68 Å². The number of carbonyl (C=O) groups excluding carboxylic acids is 2. The standard InChI is InChI=1S/C28H33N5O4/c1-5-28(3,4)29-27(35)26(21-13-7-10-16-24(21)36-6-2)32(18-20-12-11-17-37-20)25(34)19-33-23-15-9-8-14-22(23)30-31-33/h7-17,26H,5-6,18-19H2,1-4H3,(H,29,35). The number of ether oxygens (including phenoxy) is 1. The number of aromatic nitrogens is 3. The van der Waals surface area contributed by atoms with Crippen molar-refractivity contribution in [2.45, 2.75) is 58.8 Å². The van der Waals surface area contributed by atoms with Gasteiger partial charge in [-0.3, -0.25) is 9.59 Å². The third-order valence-electron chi connectivity index (χ3n) is 6.35. The van der Waals surface area contributed by atoms with Crippen LogP contribution in [0.25, 0.3) is 11.0 Å². The highest BCUT2D eigenvalue weighted by Crippen LogP contribution is 2.32. The zero-order valence-electron chi connectivity index (χ0n) is 21.7. The van der Waals surface area contributed by atoms with Crippen molar-refractivity contribution in [3.05, 3.63) is 78.3 Å². The van der Waals surface area contributed by atoms with Crippen LogP contribution in [0.5, 0.6) is 5.75 Å². The van der Waals surface area contributed by atoms with Gasteiger partial charge in [0.2, 0.25) is 11.8 Å². The predicted molar refractivity (Wildman–Crippen MR) is 140 cm³/mol. The highest BCUT2D eigenvalue weighted by Gasteiger charge is 2.36. The molecule has 1 unspecified atom stereocenters. The molecular weight excluding hydrogens is 470 g/mol. The molecule has 37 heavy (non-hydrogen) atoms. The lowest BCUT2D eigenvalue weighted by atomic mass is 9.98. The fraction of sp³-hybridized carbons (Fsp3) is 0.357. The molecular formula is C28H33N5O4. The normalized spacial score (nSPS) is 12.3. The number of para-hydroxylation sites is 2. The summed E-state index contributed by atoms with van der Waals surface area (Å²) in [4.78, 5) is 29.4. The van der Waals surface area contributed by atoms with E-state index < -0.39 is 11.6 Å². The first-order valence-corrected chi connectivity index (χ1v) is 12.5. The number of rotatable bonds is 11. The number of hydrogen-bond acceptors (Lipinski definition) is 6. The van der Waals surface area contributed by atoms with Crippen LogP contribution in [0.15, 0.2) is 71.3 Å². The summed E-state index contributed by atoms with van der Waals surface area (Å²) in [6, 6.07) is 17.3. The number of nitrogens with one attached hydrogen (secondary N) is 1. The molecule has 0 spiro atoms. The van der Waals surface area contributed by atoms with Crippen LogP contribution >= 0.6 is 0 Å². The van der Waals surface area contributed by atoms with E-state index in [-0.39, 0.29) is 24.9 Å². The molecule has 0 bridgehead atoms. The van der Waals surface area contributed by atoms with Crippen molar-refractivity contribution in [1.82, 2.24) is 25.2 Å². The van der Waals surface area contributed by atoms with Gasteiger partial charge in [0.1, 0.15) is 29.6 Å². The van der Waals surface area contributed by atoms with Gasteiger partial charge in [0.15, 0.2) is 0 Å². The third kappa shape index (κ3) is 5.99. The number of carbonyl (C=O) groups is 2. The van der Waals surface area contributed by atoms with Gasteiger partial charge in [-0.05, 0) is 57.5 Å². The van der Waals surface area contributed by atoms with Crippen molar-refractivity contribution in [1.29, 1.82) is 0 Å². The Labute approximate surface area is 216 Å². The first-order valence-electron chi connectivity index (χ1n) is 12.5. The summed E-state index contributed by atoms with van der Waals surface area (Å²) in [5.41, 5.74) is 1.54. The minimum atomic E-state index is -0.971. The van der Waals surface area contributed by atoms with Crippen molar-refractivity contribution in [2.24, 2.45) is 0 Å². The molecule has 0 saturated carbocycles. The SMILES string of the molecule is CCOc1ccccc1C(C(=O)NC(C)(C)CC)N(Cc1ccco1)C(=O)Cn1nnc2ccccc21. The molecule has 9 heteroatoms. The van der Waals surface area contributed by atoms with Crippen LogP contribution in [0, 0.1) is 0 Å². The maximum atomic E-state index is 14.0. The van der Waals surface area contributed by atoms with E-state index >= 15 is 0 Å². The number of fused-ring (bicyclic) bond motifs is 1. The minimum Gasteiger partial charge on any atom is -0.494 e. The number of furan rings is 1. The molecule has 1 N–H and O–H groups in total. The van der Waals surface area contributed by atoms with Crippen molar-refractivity contribution in [3.8, 4) is 5.75 Å². The topological polar surface area (TPSA) is 102 Å². The smallest absolute Gasteiger partial charge is 0.248 e. The molecule has 4 rings (SSSR count). The number of benzene rings is 2. The van der Waals surface area contributed by atoms with Crippen molar-refractivity contribution in [3.63, 3.8) is 0 Å². The van der Waals surface area contributed by atoms with E-state index in [4.69, 9.17) is 9.15 Å². The Hall–Kier alpha value is -4.14. The number of hydrogen-bond donors (Lipinski definition) is 1. The summed E-state index contributed by atoms with van der Waals surface area (Å²) in [6.07, 6.45) is 2.27. The predicted octanol–water partition coefficient (Wildman–Crippen LogP) is 4.50. The van der Waals surface area contributed by atoms with E-state index in [1.807, 2.05) is 76.2 Å². The van der Waals surface area contributed by atoms with E-state index in [0.717, 1.165) is 11.9 Å². The fourth-order valence-corrected chi connectivity index (χ4v) is 4.08. The van der Waals surface area contributed by atoms with Gasteiger partial charge in [0.05, 0.1) is 24.9 Å². The maximum Gasteiger partial charge on any atom is 0.248 e. The molecule has 0 aliphatic rings. The molecule has 2 aromatic heterocycles. The summed E-state index contributed by atoms with van der Waals surface area (Å²) in [7, 11) is 0. The molecule has 2 aromatic carbocycles. The number of nitrogens with zero attached hydrogens (tertiary/aromatic N) is 4. The van der Waals surface area contributed by atoms with Crippen LogP contribution in [0.4, 0.5) is 0 Å². The summed E-state index contributed by atoms with van der Waals surface area (Å²) < 4.78 is 13.0. The van der Waals surface area contributed by atoms with Crippen molar-refractivity contribution in [2.75, 3.05) is 6.61 Å². The Bertz CT molecular complexity index is 1350. The Morgan fingerprint density at radius 2 is 1.84 bits per heavy atom. The van der Waals surface area contributed by atoms with Crippen molar-refractivity contribution < 1.29 is 18.7 Å². The van der Waals surface area contributed by atoms with E-state index in [1.54, 1.807) is 23.1 Å². The average Bonchev–Trinajstić information content (AvgIpc) is 3.55. The van der Waals surface area contributed by atoms with Gasteiger partial charge in [0.25, 0.3) is 0 Å². The van der Waals surface area contributed by atoms with Gasteiger partial charge >= 0.3 is 0 Å². The monoisotopic (exact) mass is 503 g/mol. The zero-order chi connectivity index (χ0) is 26.4. The second kappa shape index (κ2) is 11.3. The van der Waals surface area contributed by atoms with Crippen LogP contribution in [-0.2, 0) is 22.7 Å². The molecule has 0 saturated heterocycles. The average molecular weight is 504 g/mol. The molecule has 2 heterocycles. The Morgan fingerprint density at radius 3 is 2.57 bits per heavy atom. The highest BCUT2D eigenvalue weighted by atomic mass is 16.5. The van der Waals surface area contributed by atoms with Crippen LogP contribution in [-0.4, -0.2) is 43.9 Å². The van der Waals surface area contributed by atoms with E-state index in [2.05, 4.69) is 15.6 Å². The Balaban J connectivity index is 1.79. The minimum absolute atomic E-state index is 0.0869. The van der Waals surface area contributed by atoms with Crippen molar-refractivity contribution >= 4 is 22.8 Å². The van der Waals surface area contributed by atoms with Crippen LogP contribution < -0.4 is 10.1 Å². The number of amides is 2. The fourth-order valence-electron chi connectivity index (χ4n) is 4.08. The molecule has 0 radical (unpaired) electrons. The summed E-state index contributed by atoms with van der Waals surface area (Å²) in [6.45, 7) is 8.21. The molecule has 194 valence electrons. The van der Waals surface area contributed by atoms with Crippen LogP contribution in [0.2, 0.25) is 0 Å². The molecule has 9 nitrogen and oxygen atoms in total. The highest BCUT2D eigenvalue weighted by molar-refractivity contribution is 5.90.